The van der Waals surface area contributed by atoms with Gasteiger partial charge in [0, 0.05) is 17.0 Å². The Morgan fingerprint density at radius 1 is 1.64 bits per heavy atom. The maximum atomic E-state index is 11.0. The van der Waals surface area contributed by atoms with Crippen molar-refractivity contribution in [3.8, 4) is 0 Å². The molecule has 0 spiro atoms. The van der Waals surface area contributed by atoms with Gasteiger partial charge in [-0.25, -0.2) is 0 Å². The van der Waals surface area contributed by atoms with Crippen molar-refractivity contribution in [2.45, 2.75) is 52.4 Å². The van der Waals surface area contributed by atoms with Gasteiger partial charge in [-0.15, -0.1) is 0 Å². The first-order chi connectivity index (χ1) is 6.38. The molecule has 11 heavy (non-hydrogen) atoms. The predicted octanol–water partition coefficient (Wildman–Crippen LogP) is 2.09. The summed E-state index contributed by atoms with van der Waals surface area (Å²) in [5.41, 5.74) is 0. The molecule has 0 aromatic heterocycles. The SMILES string of the molecule is [2H]C([2H])([2H])C(=O)NC(C)CCCCC. The minimum absolute atomic E-state index is 0.0468. The van der Waals surface area contributed by atoms with Crippen molar-refractivity contribution in [3.63, 3.8) is 0 Å². The lowest BCUT2D eigenvalue weighted by atomic mass is 10.1. The van der Waals surface area contributed by atoms with Crippen molar-refractivity contribution >= 4 is 5.91 Å². The van der Waals surface area contributed by atoms with E-state index < -0.39 is 12.8 Å². The first kappa shape index (κ1) is 6.04. The number of unbranched alkanes of at least 4 members (excludes halogenated alkanes) is 2. The fourth-order valence-corrected chi connectivity index (χ4v) is 0.996. The Balaban J connectivity index is 3.72. The van der Waals surface area contributed by atoms with Crippen LogP contribution in [0.25, 0.3) is 0 Å². The average Bonchev–Trinajstić information content (AvgIpc) is 2.03. The molecule has 1 amide bonds. The van der Waals surface area contributed by atoms with Gasteiger partial charge in [-0.05, 0) is 13.3 Å². The molecule has 2 heteroatoms. The second-order valence-electron chi connectivity index (χ2n) is 2.87. The Bertz CT molecular complexity index is 179. The summed E-state index contributed by atoms with van der Waals surface area (Å²) < 4.78 is 20.6. The second-order valence-corrected chi connectivity index (χ2v) is 2.87. The van der Waals surface area contributed by atoms with Gasteiger partial charge < -0.3 is 5.32 Å². The lowest BCUT2D eigenvalue weighted by molar-refractivity contribution is -0.119. The number of hydrogen-bond donors (Lipinski definition) is 1. The van der Waals surface area contributed by atoms with Crippen LogP contribution in [0.3, 0.4) is 0 Å². The van der Waals surface area contributed by atoms with Crippen molar-refractivity contribution in [1.82, 2.24) is 5.32 Å². The molecule has 0 radical (unpaired) electrons. The van der Waals surface area contributed by atoms with Gasteiger partial charge in [-0.1, -0.05) is 26.2 Å². The van der Waals surface area contributed by atoms with Gasteiger partial charge in [0.05, 0.1) is 0 Å². The summed E-state index contributed by atoms with van der Waals surface area (Å²) >= 11 is 0. The van der Waals surface area contributed by atoms with Crippen molar-refractivity contribution in [2.75, 3.05) is 0 Å². The Hall–Kier alpha value is -0.530. The maximum absolute atomic E-state index is 11.0. The Morgan fingerprint density at radius 3 is 2.91 bits per heavy atom. The zero-order valence-electron chi connectivity index (χ0n) is 10.3. The van der Waals surface area contributed by atoms with Gasteiger partial charge in [0.25, 0.3) is 0 Å². The van der Waals surface area contributed by atoms with Crippen LogP contribution in [-0.2, 0) is 4.79 Å². The third-order valence-electron chi connectivity index (χ3n) is 1.62. The van der Waals surface area contributed by atoms with Crippen molar-refractivity contribution in [1.29, 1.82) is 0 Å². The standard InChI is InChI=1S/C9H19NO/c1-4-5-6-7-8(2)10-9(3)11/h8H,4-7H2,1-3H3,(H,10,11)/i3D3. The van der Waals surface area contributed by atoms with Crippen LogP contribution in [0.2, 0.25) is 0 Å². The molecule has 0 saturated heterocycles. The quantitative estimate of drug-likeness (QED) is 0.613. The van der Waals surface area contributed by atoms with Crippen LogP contribution < -0.4 is 5.32 Å². The lowest BCUT2D eigenvalue weighted by Crippen LogP contribution is -2.30. The molecule has 1 unspecified atom stereocenters. The van der Waals surface area contributed by atoms with Crippen molar-refractivity contribution in [2.24, 2.45) is 0 Å². The van der Waals surface area contributed by atoms with Crippen LogP contribution in [0.15, 0.2) is 0 Å². The highest BCUT2D eigenvalue weighted by molar-refractivity contribution is 5.73. The average molecular weight is 160 g/mol. The third kappa shape index (κ3) is 7.37. The molecule has 0 rings (SSSR count). The highest BCUT2D eigenvalue weighted by atomic mass is 16.1. The highest BCUT2D eigenvalue weighted by Gasteiger charge is 2.01. The summed E-state index contributed by atoms with van der Waals surface area (Å²) in [6, 6.07) is -0.0468. The topological polar surface area (TPSA) is 29.1 Å². The zero-order chi connectivity index (χ0) is 11.2. The number of carbonyl (C=O) groups is 1. The summed E-state index contributed by atoms with van der Waals surface area (Å²) in [7, 11) is 0. The number of hydrogen-bond acceptors (Lipinski definition) is 1. The molecule has 1 N–H and O–H groups in total. The second kappa shape index (κ2) is 6.20. The summed E-state index contributed by atoms with van der Waals surface area (Å²) in [6.45, 7) is 1.42. The van der Waals surface area contributed by atoms with Crippen LogP contribution in [0.5, 0.6) is 0 Å². The van der Waals surface area contributed by atoms with Crippen LogP contribution in [0.1, 0.15) is 50.5 Å². The summed E-state index contributed by atoms with van der Waals surface area (Å²) in [5.74, 6) is -0.846. The van der Waals surface area contributed by atoms with Crippen molar-refractivity contribution in [3.05, 3.63) is 0 Å². The van der Waals surface area contributed by atoms with E-state index in [4.69, 9.17) is 4.11 Å². The Morgan fingerprint density at radius 2 is 2.36 bits per heavy atom. The van der Waals surface area contributed by atoms with Crippen LogP contribution in [0.4, 0.5) is 0 Å². The van der Waals surface area contributed by atoms with Crippen LogP contribution >= 0.6 is 0 Å². The highest BCUT2D eigenvalue weighted by Crippen LogP contribution is 2.02. The fraction of sp³-hybridized carbons (Fsp3) is 0.889. The summed E-state index contributed by atoms with van der Waals surface area (Å²) in [4.78, 5) is 11.0. The molecule has 0 bridgehead atoms. The van der Waals surface area contributed by atoms with Crippen LogP contribution in [0, 0.1) is 0 Å². The predicted molar refractivity (Wildman–Crippen MR) is 47.4 cm³/mol. The molecule has 0 aromatic carbocycles. The Kier molecular flexibility index (Phi) is 3.40. The molecule has 0 aromatic rings. The number of carbonyl (C=O) groups excluding carboxylic acids is 1. The Labute approximate surface area is 73.6 Å². The molecule has 66 valence electrons. The van der Waals surface area contributed by atoms with E-state index in [-0.39, 0.29) is 6.04 Å². The van der Waals surface area contributed by atoms with Gasteiger partial charge in [0.15, 0.2) is 0 Å². The van der Waals surface area contributed by atoms with Crippen LogP contribution in [-0.4, -0.2) is 11.9 Å². The number of amides is 1. The fourth-order valence-electron chi connectivity index (χ4n) is 0.996. The largest absolute Gasteiger partial charge is 0.354 e. The summed E-state index contributed by atoms with van der Waals surface area (Å²) in [6.07, 6.45) is 4.11. The van der Waals surface area contributed by atoms with Gasteiger partial charge in [0.1, 0.15) is 0 Å². The number of rotatable bonds is 5. The molecule has 0 saturated carbocycles. The normalized spacial score (nSPS) is 17.8. The molecule has 1 atom stereocenters. The molecule has 0 heterocycles. The molecule has 0 aliphatic rings. The molecular weight excluding hydrogens is 138 g/mol. The minimum Gasteiger partial charge on any atom is -0.354 e. The molecular formula is C9H19NO. The monoisotopic (exact) mass is 160 g/mol. The van der Waals surface area contributed by atoms with E-state index in [9.17, 15) is 4.79 Å². The van der Waals surface area contributed by atoms with E-state index in [1.807, 2.05) is 6.92 Å². The van der Waals surface area contributed by atoms with Gasteiger partial charge in [-0.2, -0.15) is 0 Å². The van der Waals surface area contributed by atoms with Crippen molar-refractivity contribution < 1.29 is 8.91 Å². The van der Waals surface area contributed by atoms with E-state index in [0.717, 1.165) is 25.7 Å². The van der Waals surface area contributed by atoms with Gasteiger partial charge in [-0.3, -0.25) is 4.79 Å². The van der Waals surface area contributed by atoms with E-state index >= 15 is 0 Å². The molecule has 0 aliphatic heterocycles. The van der Waals surface area contributed by atoms with Gasteiger partial charge >= 0.3 is 0 Å². The smallest absolute Gasteiger partial charge is 0.217 e. The zero-order valence-corrected chi connectivity index (χ0v) is 7.31. The summed E-state index contributed by atoms with van der Waals surface area (Å²) in [5, 5.41) is 2.48. The van der Waals surface area contributed by atoms with E-state index in [1.54, 1.807) is 0 Å². The molecule has 0 fully saturated rings. The number of nitrogens with one attached hydrogen (secondary N) is 1. The van der Waals surface area contributed by atoms with E-state index in [2.05, 4.69) is 12.2 Å². The van der Waals surface area contributed by atoms with E-state index in [1.165, 1.54) is 0 Å². The first-order valence-electron chi connectivity index (χ1n) is 5.69. The lowest BCUT2D eigenvalue weighted by Gasteiger charge is -2.10. The maximum Gasteiger partial charge on any atom is 0.217 e. The molecule has 0 aliphatic carbocycles. The van der Waals surface area contributed by atoms with E-state index in [0.29, 0.717) is 0 Å². The minimum atomic E-state index is -2.51. The first-order valence-corrected chi connectivity index (χ1v) is 4.19. The molecule has 2 nitrogen and oxygen atoms in total. The van der Waals surface area contributed by atoms with Gasteiger partial charge in [0.2, 0.25) is 5.91 Å². The third-order valence-corrected chi connectivity index (χ3v) is 1.62.